The Morgan fingerprint density at radius 3 is 2.76 bits per heavy atom. The van der Waals surface area contributed by atoms with Crippen molar-refractivity contribution >= 4 is 29.3 Å². The Bertz CT molecular complexity index is 731. The van der Waals surface area contributed by atoms with Crippen LogP contribution in [0.15, 0.2) is 47.6 Å². The van der Waals surface area contributed by atoms with Crippen molar-refractivity contribution in [2.75, 3.05) is 18.9 Å². The van der Waals surface area contributed by atoms with Crippen LogP contribution < -0.4 is 16.0 Å². The quantitative estimate of drug-likeness (QED) is 0.547. The van der Waals surface area contributed by atoms with Gasteiger partial charge in [0.1, 0.15) is 5.82 Å². The molecule has 7 heteroatoms. The summed E-state index contributed by atoms with van der Waals surface area (Å²) >= 11 is 5.96. The minimum absolute atomic E-state index is 0.103. The lowest BCUT2D eigenvalue weighted by Gasteiger charge is -2.12. The largest absolute Gasteiger partial charge is 0.356 e. The van der Waals surface area contributed by atoms with Crippen molar-refractivity contribution in [3.63, 3.8) is 0 Å². The molecule has 0 radical (unpaired) electrons. The van der Waals surface area contributed by atoms with Crippen molar-refractivity contribution in [2.24, 2.45) is 4.99 Å². The summed E-state index contributed by atoms with van der Waals surface area (Å²) in [6.45, 7) is 3.01. The van der Waals surface area contributed by atoms with Crippen LogP contribution in [0.4, 0.5) is 5.82 Å². The van der Waals surface area contributed by atoms with Crippen molar-refractivity contribution in [1.82, 2.24) is 15.6 Å². The lowest BCUT2D eigenvalue weighted by Crippen LogP contribution is -2.38. The van der Waals surface area contributed by atoms with Gasteiger partial charge in [0.25, 0.3) is 0 Å². The van der Waals surface area contributed by atoms with E-state index in [4.69, 9.17) is 11.6 Å². The number of rotatable bonds is 6. The van der Waals surface area contributed by atoms with Gasteiger partial charge >= 0.3 is 0 Å². The van der Waals surface area contributed by atoms with Crippen LogP contribution in [-0.2, 0) is 11.3 Å². The predicted molar refractivity (Wildman–Crippen MR) is 102 cm³/mol. The van der Waals surface area contributed by atoms with Crippen molar-refractivity contribution in [3.05, 3.63) is 58.7 Å². The molecule has 1 aromatic heterocycles. The van der Waals surface area contributed by atoms with Gasteiger partial charge in [-0.05, 0) is 36.2 Å². The van der Waals surface area contributed by atoms with Gasteiger partial charge in [0, 0.05) is 37.8 Å². The average molecular weight is 360 g/mol. The van der Waals surface area contributed by atoms with E-state index in [1.165, 1.54) is 0 Å². The van der Waals surface area contributed by atoms with Crippen LogP contribution in [0.3, 0.4) is 0 Å². The SMILES string of the molecule is CN=C(NCCC(=O)Nc1ccc(C)cn1)NCc1cccc(Cl)c1. The first-order valence-electron chi connectivity index (χ1n) is 7.98. The van der Waals surface area contributed by atoms with Gasteiger partial charge in [-0.2, -0.15) is 0 Å². The highest BCUT2D eigenvalue weighted by Crippen LogP contribution is 2.10. The van der Waals surface area contributed by atoms with E-state index in [0.29, 0.717) is 36.3 Å². The zero-order valence-corrected chi connectivity index (χ0v) is 15.1. The number of carbonyl (C=O) groups excluding carboxylic acids is 1. The number of carbonyl (C=O) groups is 1. The van der Waals surface area contributed by atoms with Crippen LogP contribution in [0.5, 0.6) is 0 Å². The zero-order chi connectivity index (χ0) is 18.1. The number of guanidine groups is 1. The molecule has 0 fully saturated rings. The van der Waals surface area contributed by atoms with Gasteiger partial charge in [-0.3, -0.25) is 9.79 Å². The lowest BCUT2D eigenvalue weighted by molar-refractivity contribution is -0.116. The first-order chi connectivity index (χ1) is 12.1. The first-order valence-corrected chi connectivity index (χ1v) is 8.36. The van der Waals surface area contributed by atoms with Crippen molar-refractivity contribution in [3.8, 4) is 0 Å². The van der Waals surface area contributed by atoms with Gasteiger partial charge in [0.15, 0.2) is 5.96 Å². The van der Waals surface area contributed by atoms with E-state index in [1.807, 2.05) is 37.3 Å². The lowest BCUT2D eigenvalue weighted by atomic mass is 10.2. The number of nitrogens with zero attached hydrogens (tertiary/aromatic N) is 2. The Morgan fingerprint density at radius 1 is 1.24 bits per heavy atom. The Kier molecular flexibility index (Phi) is 7.22. The summed E-state index contributed by atoms with van der Waals surface area (Å²) in [5, 5.41) is 9.74. The van der Waals surface area contributed by atoms with Gasteiger partial charge in [-0.15, -0.1) is 0 Å². The van der Waals surface area contributed by atoms with Crippen molar-refractivity contribution in [2.45, 2.75) is 19.9 Å². The maximum atomic E-state index is 11.9. The summed E-state index contributed by atoms with van der Waals surface area (Å²) < 4.78 is 0. The second kappa shape index (κ2) is 9.64. The molecule has 2 aromatic rings. The predicted octanol–water partition coefficient (Wildman–Crippen LogP) is 2.74. The van der Waals surface area contributed by atoms with Crippen LogP contribution in [0.2, 0.25) is 5.02 Å². The number of hydrogen-bond donors (Lipinski definition) is 3. The molecule has 0 bridgehead atoms. The summed E-state index contributed by atoms with van der Waals surface area (Å²) in [7, 11) is 1.68. The fourth-order valence-electron chi connectivity index (χ4n) is 2.09. The first kappa shape index (κ1) is 18.7. The van der Waals surface area contributed by atoms with Crippen molar-refractivity contribution in [1.29, 1.82) is 0 Å². The average Bonchev–Trinajstić information content (AvgIpc) is 2.60. The molecule has 1 heterocycles. The summed E-state index contributed by atoms with van der Waals surface area (Å²) in [6, 6.07) is 11.3. The molecule has 0 saturated carbocycles. The summed E-state index contributed by atoms with van der Waals surface area (Å²) in [4.78, 5) is 20.2. The number of aryl methyl sites for hydroxylation is 1. The Balaban J connectivity index is 1.71. The number of halogens is 1. The Morgan fingerprint density at radius 2 is 2.08 bits per heavy atom. The summed E-state index contributed by atoms with van der Waals surface area (Å²) in [6.07, 6.45) is 2.03. The fourth-order valence-corrected chi connectivity index (χ4v) is 2.31. The van der Waals surface area contributed by atoms with E-state index in [1.54, 1.807) is 19.3 Å². The Labute approximate surface area is 152 Å². The monoisotopic (exact) mass is 359 g/mol. The molecule has 0 aliphatic rings. The van der Waals surface area contributed by atoms with Crippen LogP contribution >= 0.6 is 11.6 Å². The molecule has 0 aliphatic heterocycles. The van der Waals surface area contributed by atoms with Crippen LogP contribution in [0.25, 0.3) is 0 Å². The van der Waals surface area contributed by atoms with Crippen LogP contribution in [-0.4, -0.2) is 30.4 Å². The highest BCUT2D eigenvalue weighted by Gasteiger charge is 2.04. The van der Waals surface area contributed by atoms with E-state index in [9.17, 15) is 4.79 Å². The molecule has 132 valence electrons. The molecule has 6 nitrogen and oxygen atoms in total. The number of hydrogen-bond acceptors (Lipinski definition) is 3. The smallest absolute Gasteiger partial charge is 0.227 e. The normalized spacial score (nSPS) is 11.1. The van der Waals surface area contributed by atoms with Crippen LogP contribution in [0, 0.1) is 6.92 Å². The molecule has 1 amide bonds. The second-order valence-corrected chi connectivity index (χ2v) is 5.94. The molecule has 0 saturated heterocycles. The summed E-state index contributed by atoms with van der Waals surface area (Å²) in [5.41, 5.74) is 2.10. The van der Waals surface area contributed by atoms with Crippen molar-refractivity contribution < 1.29 is 4.79 Å². The zero-order valence-electron chi connectivity index (χ0n) is 14.3. The van der Waals surface area contributed by atoms with Gasteiger partial charge in [-0.25, -0.2) is 4.98 Å². The van der Waals surface area contributed by atoms with E-state index in [-0.39, 0.29) is 5.91 Å². The fraction of sp³-hybridized carbons (Fsp3) is 0.278. The van der Waals surface area contributed by atoms with Gasteiger partial charge < -0.3 is 16.0 Å². The molecule has 2 rings (SSSR count). The second-order valence-electron chi connectivity index (χ2n) is 5.50. The van der Waals surface area contributed by atoms with E-state index in [2.05, 4.69) is 25.9 Å². The molecule has 25 heavy (non-hydrogen) atoms. The minimum atomic E-state index is -0.103. The molecule has 0 spiro atoms. The molecule has 0 aliphatic carbocycles. The third-order valence-corrected chi connectivity index (χ3v) is 3.63. The standard InChI is InChI=1S/C18H22ClN5O/c1-13-6-7-16(22-11-13)24-17(25)8-9-21-18(20-2)23-12-14-4-3-5-15(19)10-14/h3-7,10-11H,8-9,12H2,1-2H3,(H2,20,21,23)(H,22,24,25). The maximum absolute atomic E-state index is 11.9. The van der Waals surface area contributed by atoms with E-state index in [0.717, 1.165) is 11.1 Å². The third kappa shape index (κ3) is 6.81. The molecule has 0 atom stereocenters. The number of amides is 1. The van der Waals surface area contributed by atoms with E-state index < -0.39 is 0 Å². The minimum Gasteiger partial charge on any atom is -0.356 e. The molecule has 0 unspecified atom stereocenters. The van der Waals surface area contributed by atoms with Gasteiger partial charge in [0.05, 0.1) is 0 Å². The Hall–Kier alpha value is -2.60. The molecule has 1 aromatic carbocycles. The molecular formula is C18H22ClN5O. The highest BCUT2D eigenvalue weighted by atomic mass is 35.5. The van der Waals surface area contributed by atoms with Gasteiger partial charge in [0.2, 0.25) is 5.91 Å². The third-order valence-electron chi connectivity index (χ3n) is 3.40. The highest BCUT2D eigenvalue weighted by molar-refractivity contribution is 6.30. The number of aromatic nitrogens is 1. The van der Waals surface area contributed by atoms with E-state index >= 15 is 0 Å². The number of nitrogens with one attached hydrogen (secondary N) is 3. The maximum Gasteiger partial charge on any atom is 0.227 e. The topological polar surface area (TPSA) is 78.4 Å². The number of anilines is 1. The van der Waals surface area contributed by atoms with Crippen LogP contribution in [0.1, 0.15) is 17.5 Å². The van der Waals surface area contributed by atoms with Gasteiger partial charge in [-0.1, -0.05) is 29.8 Å². The summed E-state index contributed by atoms with van der Waals surface area (Å²) in [5.74, 6) is 1.08. The molecular weight excluding hydrogens is 338 g/mol. The number of benzene rings is 1. The molecule has 3 N–H and O–H groups in total. The number of pyridine rings is 1. The number of aliphatic imine (C=N–C) groups is 1.